The predicted molar refractivity (Wildman–Crippen MR) is 86.1 cm³/mol. The third-order valence-corrected chi connectivity index (χ3v) is 7.60. The van der Waals surface area contributed by atoms with E-state index in [1.54, 1.807) is 18.7 Å². The first-order chi connectivity index (χ1) is 10.0. The van der Waals surface area contributed by atoms with Crippen LogP contribution in [0.2, 0.25) is 0 Å². The standard InChI is InChI=1S/C12H18N2O4S3/c1-3-21(16,17)11-8-19-5-4-14(11)12-13-9(7-18-2)10(6-15)20-12/h6,11H,3-5,7-8H2,1-2H3. The fourth-order valence-electron chi connectivity index (χ4n) is 2.10. The number of sulfone groups is 1. The van der Waals surface area contributed by atoms with Crippen molar-refractivity contribution in [3.05, 3.63) is 10.6 Å². The fraction of sp³-hybridized carbons (Fsp3) is 0.667. The molecule has 1 aliphatic rings. The van der Waals surface area contributed by atoms with Gasteiger partial charge in [0, 0.05) is 30.9 Å². The van der Waals surface area contributed by atoms with E-state index in [4.69, 9.17) is 4.74 Å². The maximum atomic E-state index is 12.3. The molecule has 1 saturated heterocycles. The van der Waals surface area contributed by atoms with Crippen molar-refractivity contribution in [1.82, 2.24) is 4.98 Å². The largest absolute Gasteiger partial charge is 0.378 e. The number of methoxy groups -OCH3 is 1. The highest BCUT2D eigenvalue weighted by Crippen LogP contribution is 2.32. The summed E-state index contributed by atoms with van der Waals surface area (Å²) in [6.45, 7) is 2.52. The highest BCUT2D eigenvalue weighted by molar-refractivity contribution is 8.01. The summed E-state index contributed by atoms with van der Waals surface area (Å²) in [5.74, 6) is 1.49. The van der Waals surface area contributed by atoms with Gasteiger partial charge < -0.3 is 9.64 Å². The van der Waals surface area contributed by atoms with Gasteiger partial charge in [0.05, 0.1) is 17.2 Å². The van der Waals surface area contributed by atoms with E-state index in [0.717, 1.165) is 12.0 Å². The molecular weight excluding hydrogens is 332 g/mol. The molecule has 0 amide bonds. The van der Waals surface area contributed by atoms with Crippen molar-refractivity contribution < 1.29 is 17.9 Å². The number of carbonyl (C=O) groups excluding carboxylic acids is 1. The SMILES string of the molecule is CCS(=O)(=O)C1CSCCN1c1nc(COC)c(C=O)s1. The molecule has 0 N–H and O–H groups in total. The first-order valence-corrected chi connectivity index (χ1v) is 10.2. The lowest BCUT2D eigenvalue weighted by Gasteiger charge is -2.34. The van der Waals surface area contributed by atoms with Gasteiger partial charge in [-0.25, -0.2) is 13.4 Å². The number of anilines is 1. The minimum Gasteiger partial charge on any atom is -0.378 e. The second-order valence-corrected chi connectivity index (χ2v) is 9.14. The summed E-state index contributed by atoms with van der Waals surface area (Å²) < 4.78 is 29.5. The monoisotopic (exact) mass is 350 g/mol. The molecular formula is C12H18N2O4S3. The zero-order valence-electron chi connectivity index (χ0n) is 11.9. The Labute approximate surface area is 132 Å². The Morgan fingerprint density at radius 3 is 2.90 bits per heavy atom. The molecule has 1 atom stereocenters. The van der Waals surface area contributed by atoms with Crippen molar-refractivity contribution in [2.24, 2.45) is 0 Å². The number of aldehydes is 1. The van der Waals surface area contributed by atoms with Crippen LogP contribution in [0.3, 0.4) is 0 Å². The van der Waals surface area contributed by atoms with Gasteiger partial charge in [-0.15, -0.1) is 0 Å². The lowest BCUT2D eigenvalue weighted by atomic mass is 10.4. The summed E-state index contributed by atoms with van der Waals surface area (Å²) in [6, 6.07) is 0. The summed E-state index contributed by atoms with van der Waals surface area (Å²) >= 11 is 2.86. The summed E-state index contributed by atoms with van der Waals surface area (Å²) in [6.07, 6.45) is 0.748. The Hall–Kier alpha value is -0.640. The molecule has 1 aromatic heterocycles. The lowest BCUT2D eigenvalue weighted by molar-refractivity contribution is 0.112. The smallest absolute Gasteiger partial charge is 0.187 e. The molecule has 9 heteroatoms. The van der Waals surface area contributed by atoms with E-state index in [1.165, 1.54) is 18.4 Å². The number of thioether (sulfide) groups is 1. The van der Waals surface area contributed by atoms with E-state index >= 15 is 0 Å². The summed E-state index contributed by atoms with van der Waals surface area (Å²) in [5, 5.41) is 0.0220. The van der Waals surface area contributed by atoms with Crippen LogP contribution in [-0.4, -0.2) is 56.0 Å². The minimum atomic E-state index is -3.19. The lowest BCUT2D eigenvalue weighted by Crippen LogP contribution is -2.48. The van der Waals surface area contributed by atoms with Gasteiger partial charge in [0.2, 0.25) is 0 Å². The van der Waals surface area contributed by atoms with E-state index in [9.17, 15) is 13.2 Å². The van der Waals surface area contributed by atoms with Gasteiger partial charge in [-0.3, -0.25) is 4.79 Å². The van der Waals surface area contributed by atoms with E-state index in [1.807, 2.05) is 4.90 Å². The van der Waals surface area contributed by atoms with Crippen molar-refractivity contribution in [2.45, 2.75) is 18.9 Å². The molecule has 2 heterocycles. The van der Waals surface area contributed by atoms with Crippen molar-refractivity contribution in [3.63, 3.8) is 0 Å². The average molecular weight is 350 g/mol. The van der Waals surface area contributed by atoms with Crippen LogP contribution in [0.25, 0.3) is 0 Å². The normalized spacial score (nSPS) is 19.7. The van der Waals surface area contributed by atoms with Crippen LogP contribution in [0.1, 0.15) is 22.3 Å². The summed E-state index contributed by atoms with van der Waals surface area (Å²) in [4.78, 5) is 17.8. The van der Waals surface area contributed by atoms with E-state index in [2.05, 4.69) is 4.98 Å². The van der Waals surface area contributed by atoms with Crippen molar-refractivity contribution in [1.29, 1.82) is 0 Å². The second-order valence-electron chi connectivity index (χ2n) is 4.53. The third-order valence-electron chi connectivity index (χ3n) is 3.25. The third kappa shape index (κ3) is 3.58. The van der Waals surface area contributed by atoms with Crippen molar-refractivity contribution in [3.8, 4) is 0 Å². The van der Waals surface area contributed by atoms with Gasteiger partial charge >= 0.3 is 0 Å². The molecule has 1 fully saturated rings. The Bertz CT molecular complexity index is 600. The molecule has 0 aliphatic carbocycles. The first-order valence-electron chi connectivity index (χ1n) is 6.53. The van der Waals surface area contributed by atoms with Gasteiger partial charge in [-0.05, 0) is 0 Å². The summed E-state index contributed by atoms with van der Waals surface area (Å²) in [5.41, 5.74) is 0.568. The number of aromatic nitrogens is 1. The quantitative estimate of drug-likeness (QED) is 0.718. The van der Waals surface area contributed by atoms with Gasteiger partial charge in [0.25, 0.3) is 0 Å². The molecule has 21 heavy (non-hydrogen) atoms. The molecule has 1 unspecified atom stereocenters. The number of thiazole rings is 1. The molecule has 0 radical (unpaired) electrons. The molecule has 1 aromatic rings. The molecule has 6 nitrogen and oxygen atoms in total. The first kappa shape index (κ1) is 16.7. The number of carbonyl (C=O) groups is 1. The molecule has 1 aliphatic heterocycles. The fourth-order valence-corrected chi connectivity index (χ4v) is 6.09. The molecule has 0 saturated carbocycles. The minimum absolute atomic E-state index is 0.103. The average Bonchev–Trinajstić information content (AvgIpc) is 2.90. The van der Waals surface area contributed by atoms with Crippen LogP contribution in [0, 0.1) is 0 Å². The predicted octanol–water partition coefficient (Wildman–Crippen LogP) is 1.42. The maximum Gasteiger partial charge on any atom is 0.187 e. The maximum absolute atomic E-state index is 12.3. The van der Waals surface area contributed by atoms with Gasteiger partial charge in [0.1, 0.15) is 5.37 Å². The van der Waals surface area contributed by atoms with Gasteiger partial charge in [0.15, 0.2) is 21.3 Å². The zero-order chi connectivity index (χ0) is 15.5. The number of rotatable bonds is 6. The van der Waals surface area contributed by atoms with E-state index < -0.39 is 15.2 Å². The van der Waals surface area contributed by atoms with Crippen LogP contribution in [0.15, 0.2) is 0 Å². The number of hydrogen-bond donors (Lipinski definition) is 0. The van der Waals surface area contributed by atoms with Crippen LogP contribution in [0.5, 0.6) is 0 Å². The molecule has 0 aromatic carbocycles. The van der Waals surface area contributed by atoms with Gasteiger partial charge in [-0.1, -0.05) is 18.3 Å². The van der Waals surface area contributed by atoms with Crippen LogP contribution in [-0.2, 0) is 21.2 Å². The molecule has 2 rings (SSSR count). The van der Waals surface area contributed by atoms with Crippen molar-refractivity contribution >= 4 is 44.4 Å². The van der Waals surface area contributed by atoms with Crippen molar-refractivity contribution in [2.75, 3.05) is 35.8 Å². The number of ether oxygens (including phenoxy) is 1. The molecule has 118 valence electrons. The van der Waals surface area contributed by atoms with E-state index in [-0.39, 0.29) is 12.4 Å². The Morgan fingerprint density at radius 2 is 2.29 bits per heavy atom. The highest BCUT2D eigenvalue weighted by atomic mass is 32.2. The number of hydrogen-bond acceptors (Lipinski definition) is 8. The molecule has 0 spiro atoms. The Balaban J connectivity index is 2.35. The van der Waals surface area contributed by atoms with E-state index in [0.29, 0.717) is 28.0 Å². The zero-order valence-corrected chi connectivity index (χ0v) is 14.4. The Kier molecular flexibility index (Phi) is 5.64. The Morgan fingerprint density at radius 1 is 1.52 bits per heavy atom. The van der Waals surface area contributed by atoms with Crippen LogP contribution in [0.4, 0.5) is 5.13 Å². The topological polar surface area (TPSA) is 76.6 Å². The number of nitrogens with zero attached hydrogens (tertiary/aromatic N) is 2. The highest BCUT2D eigenvalue weighted by Gasteiger charge is 2.34. The molecule has 0 bridgehead atoms. The van der Waals surface area contributed by atoms with Gasteiger partial charge in [-0.2, -0.15) is 11.8 Å². The second kappa shape index (κ2) is 7.08. The van der Waals surface area contributed by atoms with Crippen LogP contribution >= 0.6 is 23.1 Å². The van der Waals surface area contributed by atoms with Crippen LogP contribution < -0.4 is 4.90 Å². The summed E-state index contributed by atoms with van der Waals surface area (Å²) in [7, 11) is -1.65.